The highest BCUT2D eigenvalue weighted by atomic mass is 16.3. The van der Waals surface area contributed by atoms with Gasteiger partial charge >= 0.3 is 0 Å². The standard InChI is InChI=1S/C46H31NO/c1-2-9-32(10-3-1)33-17-19-34(20-18-33)35-21-26-39(27-22-35)47(44-15-8-12-37-11-4-5-13-41(37)44)40-28-23-36(24-29-40)38-25-30-43-42-14-6-7-16-45(42)48-46(43)31-38/h1-31H. The molecule has 0 N–H and O–H groups in total. The molecule has 0 aliphatic heterocycles. The van der Waals surface area contributed by atoms with E-state index in [-0.39, 0.29) is 0 Å². The molecule has 0 saturated carbocycles. The third kappa shape index (κ3) is 5.01. The summed E-state index contributed by atoms with van der Waals surface area (Å²) in [7, 11) is 0. The molecule has 0 amide bonds. The minimum atomic E-state index is 0.907. The lowest BCUT2D eigenvalue weighted by Crippen LogP contribution is -2.10. The highest BCUT2D eigenvalue weighted by Crippen LogP contribution is 2.41. The van der Waals surface area contributed by atoms with Gasteiger partial charge in [0.1, 0.15) is 11.2 Å². The number of fused-ring (bicyclic) bond motifs is 4. The first-order valence-electron chi connectivity index (χ1n) is 16.3. The number of anilines is 3. The zero-order chi connectivity index (χ0) is 31.9. The lowest BCUT2D eigenvalue weighted by molar-refractivity contribution is 0.669. The Balaban J connectivity index is 1.08. The van der Waals surface area contributed by atoms with Crippen molar-refractivity contribution in [3.8, 4) is 33.4 Å². The van der Waals surface area contributed by atoms with Gasteiger partial charge in [0.2, 0.25) is 0 Å². The van der Waals surface area contributed by atoms with Gasteiger partial charge in [-0.05, 0) is 87.3 Å². The van der Waals surface area contributed by atoms with Crippen molar-refractivity contribution in [2.75, 3.05) is 4.90 Å². The van der Waals surface area contributed by atoms with Crippen LogP contribution in [0.5, 0.6) is 0 Å². The Morgan fingerprint density at radius 1 is 0.312 bits per heavy atom. The van der Waals surface area contributed by atoms with Crippen LogP contribution in [-0.4, -0.2) is 0 Å². The first-order valence-corrected chi connectivity index (χ1v) is 16.3. The monoisotopic (exact) mass is 613 g/mol. The SMILES string of the molecule is c1ccc(-c2ccc(-c3ccc(N(c4ccc(-c5ccc6c(c5)oc5ccccc56)cc4)c4cccc5ccccc45)cc3)cc2)cc1. The number of hydrogen-bond donors (Lipinski definition) is 0. The summed E-state index contributed by atoms with van der Waals surface area (Å²) in [6.45, 7) is 0. The molecule has 0 fully saturated rings. The van der Waals surface area contributed by atoms with E-state index in [1.54, 1.807) is 0 Å². The minimum absolute atomic E-state index is 0.907. The molecular formula is C46H31NO. The average Bonchev–Trinajstić information content (AvgIpc) is 3.54. The Morgan fingerprint density at radius 2 is 0.792 bits per heavy atom. The zero-order valence-corrected chi connectivity index (χ0v) is 26.3. The summed E-state index contributed by atoms with van der Waals surface area (Å²) in [6.07, 6.45) is 0. The number of para-hydroxylation sites is 1. The highest BCUT2D eigenvalue weighted by Gasteiger charge is 2.16. The van der Waals surface area contributed by atoms with Crippen LogP contribution in [0, 0.1) is 0 Å². The van der Waals surface area contributed by atoms with E-state index in [0.717, 1.165) is 50.1 Å². The molecule has 9 aromatic rings. The van der Waals surface area contributed by atoms with Crippen LogP contribution in [0.25, 0.3) is 66.1 Å². The first-order chi connectivity index (χ1) is 23.8. The molecule has 0 aliphatic carbocycles. The van der Waals surface area contributed by atoms with Gasteiger partial charge in [-0.15, -0.1) is 0 Å². The summed E-state index contributed by atoms with van der Waals surface area (Å²) in [6, 6.07) is 67.0. The van der Waals surface area contributed by atoms with Crippen molar-refractivity contribution < 1.29 is 4.42 Å². The number of nitrogens with zero attached hydrogens (tertiary/aromatic N) is 1. The fourth-order valence-corrected chi connectivity index (χ4v) is 6.83. The molecule has 226 valence electrons. The average molecular weight is 614 g/mol. The number of benzene rings is 8. The van der Waals surface area contributed by atoms with Crippen LogP contribution in [0.4, 0.5) is 17.1 Å². The maximum Gasteiger partial charge on any atom is 0.136 e. The second-order valence-electron chi connectivity index (χ2n) is 12.2. The van der Waals surface area contributed by atoms with Gasteiger partial charge in [-0.3, -0.25) is 0 Å². The van der Waals surface area contributed by atoms with Gasteiger partial charge in [0.15, 0.2) is 0 Å². The predicted octanol–water partition coefficient (Wildman–Crippen LogP) is 13.2. The molecule has 0 aliphatic rings. The second-order valence-corrected chi connectivity index (χ2v) is 12.2. The smallest absolute Gasteiger partial charge is 0.136 e. The Hall–Kier alpha value is -6.38. The van der Waals surface area contributed by atoms with E-state index in [1.165, 1.54) is 33.0 Å². The second kappa shape index (κ2) is 11.8. The van der Waals surface area contributed by atoms with Crippen molar-refractivity contribution >= 4 is 49.8 Å². The Bertz CT molecular complexity index is 2520. The maximum absolute atomic E-state index is 6.19. The summed E-state index contributed by atoms with van der Waals surface area (Å²) in [5.74, 6) is 0. The molecule has 1 aromatic heterocycles. The fraction of sp³-hybridized carbons (Fsp3) is 0. The third-order valence-corrected chi connectivity index (χ3v) is 9.30. The fourth-order valence-electron chi connectivity index (χ4n) is 6.83. The van der Waals surface area contributed by atoms with E-state index >= 15 is 0 Å². The van der Waals surface area contributed by atoms with Gasteiger partial charge in [0.25, 0.3) is 0 Å². The molecule has 2 heteroatoms. The summed E-state index contributed by atoms with van der Waals surface area (Å²) in [5.41, 5.74) is 12.3. The van der Waals surface area contributed by atoms with E-state index in [1.807, 2.05) is 12.1 Å². The van der Waals surface area contributed by atoms with Crippen molar-refractivity contribution in [1.82, 2.24) is 0 Å². The summed E-state index contributed by atoms with van der Waals surface area (Å²) in [5, 5.41) is 4.71. The minimum Gasteiger partial charge on any atom is -0.456 e. The Morgan fingerprint density at radius 3 is 1.48 bits per heavy atom. The molecule has 0 radical (unpaired) electrons. The third-order valence-electron chi connectivity index (χ3n) is 9.30. The highest BCUT2D eigenvalue weighted by molar-refractivity contribution is 6.06. The van der Waals surface area contributed by atoms with Crippen LogP contribution < -0.4 is 4.90 Å². The van der Waals surface area contributed by atoms with E-state index in [2.05, 4.69) is 181 Å². The van der Waals surface area contributed by atoms with Crippen molar-refractivity contribution in [3.63, 3.8) is 0 Å². The Kier molecular flexibility index (Phi) is 6.84. The van der Waals surface area contributed by atoms with Gasteiger partial charge in [0, 0.05) is 27.5 Å². The van der Waals surface area contributed by atoms with E-state index in [9.17, 15) is 0 Å². The van der Waals surface area contributed by atoms with Gasteiger partial charge in [-0.1, -0.05) is 140 Å². The van der Waals surface area contributed by atoms with Gasteiger partial charge in [-0.2, -0.15) is 0 Å². The van der Waals surface area contributed by atoms with Crippen molar-refractivity contribution in [2.24, 2.45) is 0 Å². The van der Waals surface area contributed by atoms with Crippen molar-refractivity contribution in [3.05, 3.63) is 188 Å². The molecule has 0 atom stereocenters. The molecule has 48 heavy (non-hydrogen) atoms. The van der Waals surface area contributed by atoms with Crippen LogP contribution in [0.1, 0.15) is 0 Å². The van der Waals surface area contributed by atoms with E-state index in [0.29, 0.717) is 0 Å². The van der Waals surface area contributed by atoms with E-state index < -0.39 is 0 Å². The van der Waals surface area contributed by atoms with Crippen LogP contribution in [-0.2, 0) is 0 Å². The molecular weight excluding hydrogens is 583 g/mol. The normalized spacial score (nSPS) is 11.3. The first kappa shape index (κ1) is 27.9. The molecule has 2 nitrogen and oxygen atoms in total. The van der Waals surface area contributed by atoms with Crippen LogP contribution in [0.3, 0.4) is 0 Å². The maximum atomic E-state index is 6.19. The number of furan rings is 1. The van der Waals surface area contributed by atoms with Crippen LogP contribution in [0.15, 0.2) is 192 Å². The summed E-state index contributed by atoms with van der Waals surface area (Å²) in [4.78, 5) is 2.36. The molecule has 9 rings (SSSR count). The molecule has 0 unspecified atom stereocenters. The lowest BCUT2D eigenvalue weighted by atomic mass is 9.99. The number of hydrogen-bond acceptors (Lipinski definition) is 2. The van der Waals surface area contributed by atoms with Gasteiger partial charge < -0.3 is 9.32 Å². The zero-order valence-electron chi connectivity index (χ0n) is 26.3. The molecule has 0 spiro atoms. The summed E-state index contributed by atoms with van der Waals surface area (Å²) >= 11 is 0. The summed E-state index contributed by atoms with van der Waals surface area (Å²) < 4.78 is 6.19. The van der Waals surface area contributed by atoms with Crippen LogP contribution >= 0.6 is 0 Å². The van der Waals surface area contributed by atoms with Gasteiger partial charge in [-0.25, -0.2) is 0 Å². The lowest BCUT2D eigenvalue weighted by Gasteiger charge is -2.27. The van der Waals surface area contributed by atoms with E-state index in [4.69, 9.17) is 4.42 Å². The molecule has 1 heterocycles. The largest absolute Gasteiger partial charge is 0.456 e. The molecule has 8 aromatic carbocycles. The Labute approximate surface area is 279 Å². The molecule has 0 saturated heterocycles. The predicted molar refractivity (Wildman–Crippen MR) is 202 cm³/mol. The van der Waals surface area contributed by atoms with Crippen molar-refractivity contribution in [2.45, 2.75) is 0 Å². The van der Waals surface area contributed by atoms with Gasteiger partial charge in [0.05, 0.1) is 5.69 Å². The quantitative estimate of drug-likeness (QED) is 0.185. The number of rotatable bonds is 6. The molecule has 0 bridgehead atoms. The van der Waals surface area contributed by atoms with Crippen molar-refractivity contribution in [1.29, 1.82) is 0 Å². The van der Waals surface area contributed by atoms with Crippen LogP contribution in [0.2, 0.25) is 0 Å². The topological polar surface area (TPSA) is 16.4 Å².